The number of amides is 1. The first-order valence-corrected chi connectivity index (χ1v) is 7.05. The van der Waals surface area contributed by atoms with Crippen molar-refractivity contribution in [2.24, 2.45) is 0 Å². The molecule has 0 spiro atoms. The van der Waals surface area contributed by atoms with Gasteiger partial charge < -0.3 is 14.9 Å². The number of carbonyl (C=O) groups is 2. The number of hydrogen-bond acceptors (Lipinski definition) is 3. The molecule has 20 heavy (non-hydrogen) atoms. The molecule has 5 nitrogen and oxygen atoms in total. The number of benzene rings is 1. The maximum absolute atomic E-state index is 12.1. The molecule has 0 bridgehead atoms. The first kappa shape index (κ1) is 13.0. The Kier molecular flexibility index (Phi) is 3.34. The van der Waals surface area contributed by atoms with E-state index in [-0.39, 0.29) is 5.91 Å². The van der Waals surface area contributed by atoms with Gasteiger partial charge in [-0.2, -0.15) is 0 Å². The Labute approximate surface area is 117 Å². The zero-order valence-electron chi connectivity index (χ0n) is 11.3. The fraction of sp³-hybridized carbons (Fsp3) is 0.467. The van der Waals surface area contributed by atoms with Gasteiger partial charge >= 0.3 is 5.97 Å². The molecule has 1 aromatic carbocycles. The van der Waals surface area contributed by atoms with Gasteiger partial charge in [-0.25, -0.2) is 4.79 Å². The number of likely N-dealkylation sites (tertiary alicyclic amines) is 1. The number of anilines is 1. The number of aromatic carboxylic acids is 1. The minimum Gasteiger partial charge on any atom is -0.478 e. The highest BCUT2D eigenvalue weighted by Gasteiger charge is 2.26. The second-order valence-electron chi connectivity index (χ2n) is 5.37. The van der Waals surface area contributed by atoms with Crippen LogP contribution in [0.15, 0.2) is 18.2 Å². The van der Waals surface area contributed by atoms with Gasteiger partial charge in [-0.15, -0.1) is 0 Å². The van der Waals surface area contributed by atoms with Gasteiger partial charge in [0.15, 0.2) is 0 Å². The third-order valence-corrected chi connectivity index (χ3v) is 4.11. The van der Waals surface area contributed by atoms with E-state index in [1.165, 1.54) is 0 Å². The van der Waals surface area contributed by atoms with Crippen LogP contribution in [0.1, 0.15) is 28.8 Å². The molecule has 0 aliphatic carbocycles. The Balaban J connectivity index is 1.84. The predicted octanol–water partition coefficient (Wildman–Crippen LogP) is 1.37. The molecule has 1 aromatic rings. The molecule has 1 N–H and O–H groups in total. The molecule has 0 unspecified atom stereocenters. The minimum atomic E-state index is -0.891. The third-order valence-electron chi connectivity index (χ3n) is 4.11. The molecule has 2 aliphatic rings. The molecule has 0 saturated carbocycles. The number of carboxylic acids is 1. The largest absolute Gasteiger partial charge is 0.478 e. The zero-order chi connectivity index (χ0) is 14.1. The Bertz CT molecular complexity index is 552. The number of carboxylic acid groups (broad SMARTS) is 1. The van der Waals surface area contributed by atoms with Gasteiger partial charge in [-0.3, -0.25) is 4.79 Å². The van der Waals surface area contributed by atoms with Crippen LogP contribution in [0.3, 0.4) is 0 Å². The van der Waals surface area contributed by atoms with Gasteiger partial charge in [0.05, 0.1) is 12.1 Å². The average Bonchev–Trinajstić information content (AvgIpc) is 2.36. The van der Waals surface area contributed by atoms with Crippen LogP contribution in [-0.4, -0.2) is 48.1 Å². The second-order valence-corrected chi connectivity index (χ2v) is 5.37. The summed E-state index contributed by atoms with van der Waals surface area (Å²) in [4.78, 5) is 27.2. The first-order valence-electron chi connectivity index (χ1n) is 7.05. The van der Waals surface area contributed by atoms with Crippen LogP contribution < -0.4 is 4.90 Å². The molecule has 3 rings (SSSR count). The molecule has 106 valence electrons. The third kappa shape index (κ3) is 2.24. The van der Waals surface area contributed by atoms with Crippen LogP contribution in [-0.2, 0) is 11.2 Å². The van der Waals surface area contributed by atoms with Crippen LogP contribution in [0.5, 0.6) is 0 Å². The number of hydrogen-bond donors (Lipinski definition) is 1. The Morgan fingerprint density at radius 2 is 1.95 bits per heavy atom. The van der Waals surface area contributed by atoms with Gasteiger partial charge in [0.1, 0.15) is 0 Å². The van der Waals surface area contributed by atoms with Gasteiger partial charge in [0.2, 0.25) is 5.91 Å². The van der Waals surface area contributed by atoms with Crippen molar-refractivity contribution >= 4 is 17.6 Å². The smallest absolute Gasteiger partial charge is 0.336 e. The first-order chi connectivity index (χ1) is 9.66. The maximum Gasteiger partial charge on any atom is 0.336 e. The summed E-state index contributed by atoms with van der Waals surface area (Å²) in [6.07, 6.45) is 2.75. The molecular formula is C15H18N2O3. The summed E-state index contributed by atoms with van der Waals surface area (Å²) < 4.78 is 0. The van der Waals surface area contributed by atoms with Gasteiger partial charge in [0.25, 0.3) is 0 Å². The fourth-order valence-corrected chi connectivity index (χ4v) is 2.89. The summed E-state index contributed by atoms with van der Waals surface area (Å²) >= 11 is 0. The average molecular weight is 274 g/mol. The van der Waals surface area contributed by atoms with E-state index >= 15 is 0 Å². The SMILES string of the molecule is O=C(O)c1cccc2c1CCCN2CC(=O)N1CCC1. The van der Waals surface area contributed by atoms with E-state index in [1.807, 2.05) is 15.9 Å². The van der Waals surface area contributed by atoms with E-state index in [9.17, 15) is 14.7 Å². The molecule has 2 heterocycles. The molecule has 1 amide bonds. The lowest BCUT2D eigenvalue weighted by Gasteiger charge is -2.36. The number of rotatable bonds is 3. The van der Waals surface area contributed by atoms with E-state index in [1.54, 1.807) is 12.1 Å². The topological polar surface area (TPSA) is 60.9 Å². The van der Waals surface area contributed by atoms with Crippen molar-refractivity contribution in [3.63, 3.8) is 0 Å². The van der Waals surface area contributed by atoms with E-state index in [0.717, 1.165) is 50.1 Å². The van der Waals surface area contributed by atoms with Crippen molar-refractivity contribution in [2.45, 2.75) is 19.3 Å². The van der Waals surface area contributed by atoms with Gasteiger partial charge in [-0.1, -0.05) is 6.07 Å². The lowest BCUT2D eigenvalue weighted by molar-refractivity contribution is -0.133. The molecule has 2 aliphatic heterocycles. The monoisotopic (exact) mass is 274 g/mol. The molecule has 5 heteroatoms. The lowest BCUT2D eigenvalue weighted by Crippen LogP contribution is -2.48. The molecular weight excluding hydrogens is 256 g/mol. The summed E-state index contributed by atoms with van der Waals surface area (Å²) in [5.74, 6) is -0.748. The molecule has 1 fully saturated rings. The summed E-state index contributed by atoms with van der Waals surface area (Å²) in [6, 6.07) is 5.32. The predicted molar refractivity (Wildman–Crippen MR) is 75.1 cm³/mol. The normalized spacial score (nSPS) is 17.4. The summed E-state index contributed by atoms with van der Waals surface area (Å²) in [6.45, 7) is 2.88. The van der Waals surface area contributed by atoms with Crippen molar-refractivity contribution in [3.8, 4) is 0 Å². The van der Waals surface area contributed by atoms with Crippen LogP contribution in [0.25, 0.3) is 0 Å². The van der Waals surface area contributed by atoms with Crippen LogP contribution in [0.2, 0.25) is 0 Å². The standard InChI is InChI=1S/C15H18N2O3/c18-14(16-8-3-9-16)10-17-7-2-5-11-12(15(19)20)4-1-6-13(11)17/h1,4,6H,2-3,5,7-10H2,(H,19,20). The molecule has 0 radical (unpaired) electrons. The van der Waals surface area contributed by atoms with E-state index < -0.39 is 5.97 Å². The van der Waals surface area contributed by atoms with Crippen LogP contribution in [0.4, 0.5) is 5.69 Å². The van der Waals surface area contributed by atoms with E-state index in [0.29, 0.717) is 12.1 Å². The molecule has 1 saturated heterocycles. The highest BCUT2D eigenvalue weighted by atomic mass is 16.4. The highest BCUT2D eigenvalue weighted by Crippen LogP contribution is 2.30. The fourth-order valence-electron chi connectivity index (χ4n) is 2.89. The molecule has 0 aromatic heterocycles. The molecule has 0 atom stereocenters. The van der Waals surface area contributed by atoms with E-state index in [4.69, 9.17) is 0 Å². The summed E-state index contributed by atoms with van der Waals surface area (Å²) in [7, 11) is 0. The second kappa shape index (κ2) is 5.15. The maximum atomic E-state index is 12.1. The van der Waals surface area contributed by atoms with Crippen molar-refractivity contribution < 1.29 is 14.7 Å². The summed E-state index contributed by atoms with van der Waals surface area (Å²) in [5.41, 5.74) is 2.14. The Morgan fingerprint density at radius 3 is 2.60 bits per heavy atom. The quantitative estimate of drug-likeness (QED) is 0.904. The van der Waals surface area contributed by atoms with Gasteiger partial charge in [0, 0.05) is 25.3 Å². The van der Waals surface area contributed by atoms with Crippen molar-refractivity contribution in [1.29, 1.82) is 0 Å². The Hall–Kier alpha value is -2.04. The lowest BCUT2D eigenvalue weighted by atomic mass is 9.96. The minimum absolute atomic E-state index is 0.143. The Morgan fingerprint density at radius 1 is 1.15 bits per heavy atom. The zero-order valence-corrected chi connectivity index (χ0v) is 11.3. The van der Waals surface area contributed by atoms with Crippen LogP contribution in [0, 0.1) is 0 Å². The van der Waals surface area contributed by atoms with Crippen LogP contribution >= 0.6 is 0 Å². The van der Waals surface area contributed by atoms with Crippen molar-refractivity contribution in [1.82, 2.24) is 4.90 Å². The van der Waals surface area contributed by atoms with E-state index in [2.05, 4.69) is 0 Å². The van der Waals surface area contributed by atoms with Crippen molar-refractivity contribution in [2.75, 3.05) is 31.1 Å². The number of fused-ring (bicyclic) bond motifs is 1. The van der Waals surface area contributed by atoms with Gasteiger partial charge in [-0.05, 0) is 37.0 Å². The highest BCUT2D eigenvalue weighted by molar-refractivity contribution is 5.92. The number of nitrogens with zero attached hydrogens (tertiary/aromatic N) is 2. The van der Waals surface area contributed by atoms with Crippen molar-refractivity contribution in [3.05, 3.63) is 29.3 Å². The number of carbonyl (C=O) groups excluding carboxylic acids is 1. The summed E-state index contributed by atoms with van der Waals surface area (Å²) in [5, 5.41) is 9.25.